The molecule has 0 amide bonds. The van der Waals surface area contributed by atoms with Crippen LogP contribution in [0.15, 0.2) is 152 Å². The third-order valence-corrected chi connectivity index (χ3v) is 13.7. The van der Waals surface area contributed by atoms with Crippen molar-refractivity contribution in [2.75, 3.05) is 12.3 Å². The van der Waals surface area contributed by atoms with Gasteiger partial charge >= 0.3 is 0 Å². The number of hydrogen-bond acceptors (Lipinski definition) is 0. The molecule has 5 aromatic rings. The first kappa shape index (κ1) is 23.7. The van der Waals surface area contributed by atoms with E-state index >= 15 is 0 Å². The van der Waals surface area contributed by atoms with Crippen LogP contribution in [0.2, 0.25) is 0 Å². The maximum atomic E-state index is 2.35. The molecule has 0 N–H and O–H groups in total. The van der Waals surface area contributed by atoms with Crippen LogP contribution in [0.3, 0.4) is 0 Å². The lowest BCUT2D eigenvalue weighted by Crippen LogP contribution is -2.33. The summed E-state index contributed by atoms with van der Waals surface area (Å²) in [6.45, 7) is 0. The Labute approximate surface area is 211 Å². The highest BCUT2D eigenvalue weighted by atomic mass is 31.2. The molecule has 0 fully saturated rings. The fourth-order valence-corrected chi connectivity index (χ4v) is 11.9. The Hall–Kier alpha value is -3.04. The Bertz CT molecular complexity index is 1150. The van der Waals surface area contributed by atoms with Gasteiger partial charge in [-0.1, -0.05) is 115 Å². The monoisotopic (exact) mass is 489 g/mol. The molecule has 0 saturated heterocycles. The Balaban J connectivity index is 1.54. The molecular weight excluding hydrogens is 458 g/mol. The predicted molar refractivity (Wildman–Crippen MR) is 159 cm³/mol. The molecule has 0 bridgehead atoms. The number of benzene rings is 5. The molecule has 0 aliphatic rings. The molecule has 35 heavy (non-hydrogen) atoms. The summed E-state index contributed by atoms with van der Waals surface area (Å²) in [6.07, 6.45) is 3.54. The van der Waals surface area contributed by atoms with Crippen molar-refractivity contribution < 1.29 is 0 Å². The van der Waals surface area contributed by atoms with E-state index in [9.17, 15) is 0 Å². The first-order chi connectivity index (χ1) is 17.4. The largest absolute Gasteiger partial charge is 0.112 e. The van der Waals surface area contributed by atoms with Gasteiger partial charge in [0, 0.05) is 0 Å². The number of hydrogen-bond donors (Lipinski definition) is 0. The lowest BCUT2D eigenvalue weighted by atomic mass is 10.4. The van der Waals surface area contributed by atoms with Crippen molar-refractivity contribution in [2.24, 2.45) is 0 Å². The molecule has 0 unspecified atom stereocenters. The van der Waals surface area contributed by atoms with Crippen molar-refractivity contribution in [1.82, 2.24) is 0 Å². The lowest BCUT2D eigenvalue weighted by Gasteiger charge is -2.28. The summed E-state index contributed by atoms with van der Waals surface area (Å²) in [4.78, 5) is 0. The van der Waals surface area contributed by atoms with Gasteiger partial charge in [-0.15, -0.1) is 0 Å². The quantitative estimate of drug-likeness (QED) is 0.207. The molecule has 172 valence electrons. The fourth-order valence-electron chi connectivity index (χ4n) is 4.97. The molecule has 5 rings (SSSR count). The van der Waals surface area contributed by atoms with E-state index in [2.05, 4.69) is 152 Å². The maximum Gasteiger partial charge on any atom is 0.112 e. The van der Waals surface area contributed by atoms with E-state index in [4.69, 9.17) is 0 Å². The van der Waals surface area contributed by atoms with Crippen LogP contribution in [0.4, 0.5) is 0 Å². The highest BCUT2D eigenvalue weighted by Crippen LogP contribution is 2.56. The highest BCUT2D eigenvalue weighted by Gasteiger charge is 2.44. The average molecular weight is 490 g/mol. The van der Waals surface area contributed by atoms with Crippen molar-refractivity contribution in [3.8, 4) is 0 Å². The van der Waals surface area contributed by atoms with E-state index in [0.29, 0.717) is 0 Å². The molecule has 0 spiro atoms. The predicted octanol–water partition coefficient (Wildman–Crippen LogP) is 6.50. The second-order valence-electron chi connectivity index (χ2n) is 8.72. The molecule has 0 radical (unpaired) electrons. The molecule has 0 aliphatic heterocycles. The smallest absolute Gasteiger partial charge is 0.0622 e. The zero-order valence-corrected chi connectivity index (χ0v) is 21.7. The van der Waals surface area contributed by atoms with Gasteiger partial charge in [-0.25, -0.2) is 0 Å². The van der Waals surface area contributed by atoms with Gasteiger partial charge in [0.15, 0.2) is 0 Å². The van der Waals surface area contributed by atoms with Gasteiger partial charge in [0.25, 0.3) is 0 Å². The number of rotatable bonds is 9. The van der Waals surface area contributed by atoms with Crippen molar-refractivity contribution in [3.63, 3.8) is 0 Å². The van der Waals surface area contributed by atoms with Crippen molar-refractivity contribution >= 4 is 41.7 Å². The van der Waals surface area contributed by atoms with Gasteiger partial charge in [0.1, 0.15) is 23.2 Å². The van der Waals surface area contributed by atoms with Gasteiger partial charge < -0.3 is 0 Å². The van der Waals surface area contributed by atoms with Gasteiger partial charge in [-0.3, -0.25) is 0 Å². The highest BCUT2D eigenvalue weighted by molar-refractivity contribution is 7.95. The summed E-state index contributed by atoms with van der Waals surface area (Å²) in [7, 11) is -2.18. The first-order valence-electron chi connectivity index (χ1n) is 12.3. The molecule has 2 heteroatoms. The van der Waals surface area contributed by atoms with Crippen molar-refractivity contribution in [1.29, 1.82) is 0 Å². The normalized spacial score (nSPS) is 11.5. The van der Waals surface area contributed by atoms with Crippen LogP contribution < -0.4 is 26.5 Å². The minimum Gasteiger partial charge on any atom is -0.0622 e. The summed E-state index contributed by atoms with van der Waals surface area (Å²) in [5.74, 6) is 0. The molecule has 0 aromatic heterocycles. The van der Waals surface area contributed by atoms with E-state index in [-0.39, 0.29) is 0 Å². The first-order valence-corrected chi connectivity index (χ1v) is 15.8. The van der Waals surface area contributed by atoms with Gasteiger partial charge in [-0.2, -0.15) is 0 Å². The van der Waals surface area contributed by atoms with E-state index in [1.54, 1.807) is 0 Å². The molecule has 0 nitrogen and oxygen atoms in total. The van der Waals surface area contributed by atoms with Crippen LogP contribution in [0.5, 0.6) is 0 Å². The van der Waals surface area contributed by atoms with Gasteiger partial charge in [-0.05, 0) is 67.5 Å². The Morgan fingerprint density at radius 2 is 0.714 bits per heavy atom. The Morgan fingerprint density at radius 1 is 0.400 bits per heavy atom. The van der Waals surface area contributed by atoms with E-state index in [1.165, 1.54) is 45.3 Å². The molecule has 5 aromatic carbocycles. The molecule has 0 aliphatic carbocycles. The third kappa shape index (κ3) is 5.31. The lowest BCUT2D eigenvalue weighted by molar-refractivity contribution is 1.11. The maximum absolute atomic E-state index is 2.35. The van der Waals surface area contributed by atoms with Crippen LogP contribution in [-0.2, 0) is 0 Å². The van der Waals surface area contributed by atoms with Crippen LogP contribution >= 0.6 is 15.2 Å². The fraction of sp³-hybridized carbons (Fsp3) is 0.0909. The zero-order valence-electron chi connectivity index (χ0n) is 19.9. The topological polar surface area (TPSA) is 0 Å². The standard InChI is InChI=1S/C33H31P2/c1-6-17-29(18-7-1)34(30-19-8-2-9-20-30)27-16-28-35(31-21-10-3-11-22-31,32-23-12-4-13-24-32)33-25-14-5-15-26-33/h1-15,17-26H,16,27-28H2/q+1. The summed E-state index contributed by atoms with van der Waals surface area (Å²) < 4.78 is 0. The summed E-state index contributed by atoms with van der Waals surface area (Å²) >= 11 is 0. The Kier molecular flexibility index (Phi) is 7.85. The second-order valence-corrected chi connectivity index (χ2v) is 14.7. The SMILES string of the molecule is c1ccc(P(CCC[P+](c2ccccc2)(c2ccccc2)c2ccccc2)c2ccccc2)cc1. The average Bonchev–Trinajstić information content (AvgIpc) is 2.96. The van der Waals surface area contributed by atoms with Crippen LogP contribution in [-0.4, -0.2) is 12.3 Å². The minimum atomic E-state index is -1.78. The van der Waals surface area contributed by atoms with E-state index in [0.717, 1.165) is 0 Å². The van der Waals surface area contributed by atoms with Crippen LogP contribution in [0, 0.1) is 0 Å². The molecular formula is C33H31P2+. The molecule has 0 atom stereocenters. The third-order valence-electron chi connectivity index (χ3n) is 6.60. The van der Waals surface area contributed by atoms with Gasteiger partial charge in [0.05, 0.1) is 6.16 Å². The minimum absolute atomic E-state index is 0.393. The van der Waals surface area contributed by atoms with Crippen molar-refractivity contribution in [3.05, 3.63) is 152 Å². The second kappa shape index (κ2) is 11.6. The summed E-state index contributed by atoms with van der Waals surface area (Å²) in [6, 6.07) is 56.0. The Morgan fingerprint density at radius 3 is 1.06 bits per heavy atom. The van der Waals surface area contributed by atoms with Gasteiger partial charge in [0.2, 0.25) is 0 Å². The molecule has 0 heterocycles. The zero-order chi connectivity index (χ0) is 23.8. The summed E-state index contributed by atoms with van der Waals surface area (Å²) in [5, 5.41) is 7.36. The van der Waals surface area contributed by atoms with E-state index < -0.39 is 15.2 Å². The molecule has 0 saturated carbocycles. The summed E-state index contributed by atoms with van der Waals surface area (Å²) in [5.41, 5.74) is 0. The van der Waals surface area contributed by atoms with Crippen molar-refractivity contribution in [2.45, 2.75) is 6.42 Å². The van der Waals surface area contributed by atoms with Crippen LogP contribution in [0.1, 0.15) is 6.42 Å². The van der Waals surface area contributed by atoms with E-state index in [1.807, 2.05) is 0 Å². The van der Waals surface area contributed by atoms with Crippen LogP contribution in [0.25, 0.3) is 0 Å².